The van der Waals surface area contributed by atoms with E-state index in [0.29, 0.717) is 13.1 Å². The quantitative estimate of drug-likeness (QED) is 0.870. The van der Waals surface area contributed by atoms with E-state index in [1.165, 1.54) is 6.92 Å². The third-order valence-electron chi connectivity index (χ3n) is 2.32. The van der Waals surface area contributed by atoms with Crippen LogP contribution in [0.3, 0.4) is 0 Å². The number of amides is 1. The highest BCUT2D eigenvalue weighted by Crippen LogP contribution is 2.22. The third-order valence-corrected chi connectivity index (χ3v) is 3.24. The number of anilines is 1. The van der Waals surface area contributed by atoms with Gasteiger partial charge in [-0.3, -0.25) is 4.79 Å². The van der Waals surface area contributed by atoms with E-state index >= 15 is 0 Å². The van der Waals surface area contributed by atoms with Crippen LogP contribution in [0.2, 0.25) is 0 Å². The number of carbonyl (C=O) groups excluding carboxylic acids is 1. The van der Waals surface area contributed by atoms with E-state index in [2.05, 4.69) is 15.8 Å². The Kier molecular flexibility index (Phi) is 4.11. The first-order chi connectivity index (χ1) is 8.65. The second-order valence-electron chi connectivity index (χ2n) is 3.98. The van der Waals surface area contributed by atoms with Gasteiger partial charge in [0.25, 0.3) is 0 Å². The van der Waals surface area contributed by atoms with Crippen LogP contribution in [-0.4, -0.2) is 11.1 Å². The maximum atomic E-state index is 11.0. The number of carbonyl (C=O) groups is 1. The fourth-order valence-corrected chi connectivity index (χ4v) is 2.38. The van der Waals surface area contributed by atoms with Crippen molar-refractivity contribution in [2.75, 3.05) is 5.32 Å². The summed E-state index contributed by atoms with van der Waals surface area (Å²) in [6.45, 7) is 4.71. The van der Waals surface area contributed by atoms with Crippen LogP contribution in [0.4, 0.5) is 5.69 Å². The van der Waals surface area contributed by atoms with Gasteiger partial charge in [-0.25, -0.2) is 0 Å². The van der Waals surface area contributed by atoms with E-state index in [1.54, 1.807) is 11.3 Å². The Labute approximate surface area is 109 Å². The number of nitrogens with zero attached hydrogens (tertiary/aromatic N) is 1. The van der Waals surface area contributed by atoms with Crippen LogP contribution < -0.4 is 10.6 Å². The zero-order valence-corrected chi connectivity index (χ0v) is 11.1. The van der Waals surface area contributed by atoms with Crippen LogP contribution in [0, 0.1) is 6.92 Å². The minimum absolute atomic E-state index is 0.0551. The van der Waals surface area contributed by atoms with E-state index in [1.807, 2.05) is 24.4 Å². The number of thiophene rings is 1. The number of hydrogen-bond acceptors (Lipinski definition) is 5. The molecule has 0 radical (unpaired) electrons. The minimum Gasteiger partial charge on any atom is -0.360 e. The molecule has 0 bridgehead atoms. The molecule has 0 fully saturated rings. The lowest BCUT2D eigenvalue weighted by atomic mass is 10.3. The van der Waals surface area contributed by atoms with Crippen molar-refractivity contribution >= 4 is 22.9 Å². The number of hydrogen-bond donors (Lipinski definition) is 2. The van der Waals surface area contributed by atoms with E-state index in [9.17, 15) is 4.79 Å². The number of nitrogens with one attached hydrogen (secondary N) is 2. The van der Waals surface area contributed by atoms with Gasteiger partial charge in [0.1, 0.15) is 0 Å². The molecule has 0 spiro atoms. The molecule has 2 rings (SSSR count). The molecule has 2 aromatic heterocycles. The first-order valence-corrected chi connectivity index (χ1v) is 6.50. The highest BCUT2D eigenvalue weighted by atomic mass is 32.1. The summed E-state index contributed by atoms with van der Waals surface area (Å²) < 4.78 is 5.10. The molecular weight excluding hydrogens is 250 g/mol. The molecule has 0 unspecified atom stereocenters. The highest BCUT2D eigenvalue weighted by molar-refractivity contribution is 7.10. The van der Waals surface area contributed by atoms with Gasteiger partial charge in [-0.2, -0.15) is 0 Å². The maximum Gasteiger partial charge on any atom is 0.221 e. The van der Waals surface area contributed by atoms with Gasteiger partial charge in [-0.15, -0.1) is 11.3 Å². The van der Waals surface area contributed by atoms with Gasteiger partial charge >= 0.3 is 0 Å². The largest absolute Gasteiger partial charge is 0.360 e. The minimum atomic E-state index is -0.0551. The molecule has 0 saturated heterocycles. The first kappa shape index (κ1) is 12.8. The van der Waals surface area contributed by atoms with Crippen LogP contribution in [-0.2, 0) is 17.9 Å². The number of aryl methyl sites for hydroxylation is 1. The molecular formula is C12H15N3O2S. The summed E-state index contributed by atoms with van der Waals surface area (Å²) in [5.74, 6) is 0.755. The van der Waals surface area contributed by atoms with Crippen molar-refractivity contribution in [3.63, 3.8) is 0 Å². The molecule has 0 aliphatic rings. The second-order valence-corrected chi connectivity index (χ2v) is 4.98. The van der Waals surface area contributed by atoms with Crippen molar-refractivity contribution in [3.8, 4) is 0 Å². The fraction of sp³-hybridized carbons (Fsp3) is 0.333. The van der Waals surface area contributed by atoms with Crippen LogP contribution in [0.25, 0.3) is 0 Å². The van der Waals surface area contributed by atoms with Gasteiger partial charge in [0.15, 0.2) is 5.76 Å². The van der Waals surface area contributed by atoms with Crippen molar-refractivity contribution in [2.45, 2.75) is 26.9 Å². The molecule has 0 atom stereocenters. The molecule has 2 heterocycles. The Morgan fingerprint density at radius 2 is 2.33 bits per heavy atom. The Morgan fingerprint density at radius 3 is 3.00 bits per heavy atom. The van der Waals surface area contributed by atoms with Gasteiger partial charge in [0.2, 0.25) is 5.91 Å². The van der Waals surface area contributed by atoms with Gasteiger partial charge < -0.3 is 15.2 Å². The molecule has 5 nitrogen and oxygen atoms in total. The predicted molar refractivity (Wildman–Crippen MR) is 70.4 cm³/mol. The average molecular weight is 265 g/mol. The summed E-state index contributed by atoms with van der Waals surface area (Å²) in [7, 11) is 0. The van der Waals surface area contributed by atoms with Crippen molar-refractivity contribution in [1.29, 1.82) is 0 Å². The summed E-state index contributed by atoms with van der Waals surface area (Å²) >= 11 is 1.61. The van der Waals surface area contributed by atoms with E-state index in [0.717, 1.165) is 22.0 Å². The molecule has 2 aromatic rings. The smallest absolute Gasteiger partial charge is 0.221 e. The highest BCUT2D eigenvalue weighted by Gasteiger charge is 2.06. The summed E-state index contributed by atoms with van der Waals surface area (Å²) in [6, 6.07) is 3.80. The molecule has 18 heavy (non-hydrogen) atoms. The molecule has 96 valence electrons. The fourth-order valence-electron chi connectivity index (χ4n) is 1.58. The lowest BCUT2D eigenvalue weighted by molar-refractivity contribution is -0.114. The molecule has 2 N–H and O–H groups in total. The van der Waals surface area contributed by atoms with Gasteiger partial charge in [0, 0.05) is 24.4 Å². The zero-order chi connectivity index (χ0) is 13.0. The molecule has 1 amide bonds. The Bertz CT molecular complexity index is 533. The number of aromatic nitrogens is 1. The van der Waals surface area contributed by atoms with Gasteiger partial charge in [-0.1, -0.05) is 5.16 Å². The van der Waals surface area contributed by atoms with Crippen LogP contribution >= 0.6 is 11.3 Å². The molecule has 6 heteroatoms. The van der Waals surface area contributed by atoms with Crippen LogP contribution in [0.5, 0.6) is 0 Å². The monoisotopic (exact) mass is 265 g/mol. The van der Waals surface area contributed by atoms with Crippen molar-refractivity contribution in [1.82, 2.24) is 10.5 Å². The lowest BCUT2D eigenvalue weighted by Crippen LogP contribution is -2.13. The molecule has 0 aliphatic heterocycles. The summed E-state index contributed by atoms with van der Waals surface area (Å²) in [4.78, 5) is 12.1. The first-order valence-electron chi connectivity index (χ1n) is 5.62. The SMILES string of the molecule is CC(=O)Nc1ccsc1CNCc1cc(C)no1. The molecule has 0 saturated carbocycles. The zero-order valence-electron chi connectivity index (χ0n) is 10.3. The van der Waals surface area contributed by atoms with Crippen LogP contribution in [0.1, 0.15) is 23.3 Å². The van der Waals surface area contributed by atoms with E-state index in [-0.39, 0.29) is 5.91 Å². The summed E-state index contributed by atoms with van der Waals surface area (Å²) in [5.41, 5.74) is 1.75. The van der Waals surface area contributed by atoms with Crippen LogP contribution in [0.15, 0.2) is 22.0 Å². The maximum absolute atomic E-state index is 11.0. The molecule has 0 aliphatic carbocycles. The Balaban J connectivity index is 1.86. The van der Waals surface area contributed by atoms with Crippen molar-refractivity contribution in [3.05, 3.63) is 33.8 Å². The Morgan fingerprint density at radius 1 is 1.50 bits per heavy atom. The standard InChI is InChI=1S/C12H15N3O2S/c1-8-5-10(17-15-8)6-13-7-12-11(3-4-18-12)14-9(2)16/h3-5,13H,6-7H2,1-2H3,(H,14,16). The molecule has 0 aromatic carbocycles. The van der Waals surface area contributed by atoms with E-state index in [4.69, 9.17) is 4.52 Å². The van der Waals surface area contributed by atoms with Crippen molar-refractivity contribution < 1.29 is 9.32 Å². The van der Waals surface area contributed by atoms with E-state index < -0.39 is 0 Å². The van der Waals surface area contributed by atoms with Gasteiger partial charge in [0.05, 0.1) is 17.9 Å². The summed E-state index contributed by atoms with van der Waals surface area (Å²) in [6.07, 6.45) is 0. The van der Waals surface area contributed by atoms with Gasteiger partial charge in [-0.05, 0) is 18.4 Å². The van der Waals surface area contributed by atoms with Crippen molar-refractivity contribution in [2.24, 2.45) is 0 Å². The normalized spacial score (nSPS) is 10.6. The number of rotatable bonds is 5. The predicted octanol–water partition coefficient (Wildman–Crippen LogP) is 2.29. The third kappa shape index (κ3) is 3.41. The topological polar surface area (TPSA) is 67.2 Å². The Hall–Kier alpha value is -1.66. The summed E-state index contributed by atoms with van der Waals surface area (Å²) in [5, 5.41) is 11.8. The lowest BCUT2D eigenvalue weighted by Gasteiger charge is -2.04. The average Bonchev–Trinajstić information content (AvgIpc) is 2.88. The second kappa shape index (κ2) is 5.79.